The molecule has 0 saturated carbocycles. The Bertz CT molecular complexity index is 789. The van der Waals surface area contributed by atoms with E-state index < -0.39 is 5.63 Å². The Labute approximate surface area is 159 Å². The number of ether oxygens (including phenoxy) is 1. The summed E-state index contributed by atoms with van der Waals surface area (Å²) >= 11 is 0. The molecule has 0 aliphatic rings. The Hall–Kier alpha value is -2.05. The van der Waals surface area contributed by atoms with Gasteiger partial charge in [0.15, 0.2) is 0 Å². The van der Waals surface area contributed by atoms with E-state index in [2.05, 4.69) is 17.6 Å². The SMILES string of the molecule is CCCNCCNC(=O)CCc1c(C)c2ccc(OC)cc2oc1=O.Cl. The van der Waals surface area contributed by atoms with E-state index in [1.54, 1.807) is 13.2 Å². The molecule has 0 fully saturated rings. The fourth-order valence-corrected chi connectivity index (χ4v) is 2.71. The lowest BCUT2D eigenvalue weighted by molar-refractivity contribution is -0.121. The van der Waals surface area contributed by atoms with Crippen molar-refractivity contribution < 1.29 is 13.9 Å². The van der Waals surface area contributed by atoms with Gasteiger partial charge in [-0.25, -0.2) is 4.79 Å². The van der Waals surface area contributed by atoms with E-state index in [0.29, 0.717) is 29.9 Å². The Morgan fingerprint density at radius 3 is 2.69 bits per heavy atom. The van der Waals surface area contributed by atoms with Gasteiger partial charge in [-0.05, 0) is 44.0 Å². The number of benzene rings is 1. The molecular formula is C19H27ClN2O4. The van der Waals surface area contributed by atoms with E-state index in [9.17, 15) is 9.59 Å². The molecule has 0 atom stereocenters. The van der Waals surface area contributed by atoms with Crippen LogP contribution in [0.3, 0.4) is 0 Å². The number of nitrogens with one attached hydrogen (secondary N) is 2. The molecular weight excluding hydrogens is 356 g/mol. The van der Waals surface area contributed by atoms with Crippen LogP contribution in [0.25, 0.3) is 11.0 Å². The highest BCUT2D eigenvalue weighted by molar-refractivity contribution is 5.85. The van der Waals surface area contributed by atoms with E-state index in [4.69, 9.17) is 9.15 Å². The molecule has 0 spiro atoms. The molecule has 2 rings (SSSR count). The monoisotopic (exact) mass is 382 g/mol. The molecule has 1 heterocycles. The van der Waals surface area contributed by atoms with Crippen molar-refractivity contribution in [1.29, 1.82) is 0 Å². The molecule has 2 aromatic rings. The van der Waals surface area contributed by atoms with Gasteiger partial charge in [0.2, 0.25) is 5.91 Å². The summed E-state index contributed by atoms with van der Waals surface area (Å²) in [6.45, 7) is 6.26. The average Bonchev–Trinajstić information content (AvgIpc) is 2.60. The van der Waals surface area contributed by atoms with Crippen molar-refractivity contribution in [3.8, 4) is 5.75 Å². The summed E-state index contributed by atoms with van der Waals surface area (Å²) < 4.78 is 10.5. The van der Waals surface area contributed by atoms with Crippen LogP contribution in [0.15, 0.2) is 27.4 Å². The van der Waals surface area contributed by atoms with Crippen molar-refractivity contribution in [3.63, 3.8) is 0 Å². The number of carbonyl (C=O) groups excluding carboxylic acids is 1. The van der Waals surface area contributed by atoms with Crippen LogP contribution in [0.1, 0.15) is 30.9 Å². The lowest BCUT2D eigenvalue weighted by atomic mass is 10.0. The summed E-state index contributed by atoms with van der Waals surface area (Å²) in [5.41, 5.74) is 1.51. The zero-order valence-electron chi connectivity index (χ0n) is 15.5. The zero-order chi connectivity index (χ0) is 18.2. The van der Waals surface area contributed by atoms with E-state index in [0.717, 1.165) is 30.5 Å². The molecule has 7 heteroatoms. The van der Waals surface area contributed by atoms with Crippen molar-refractivity contribution in [3.05, 3.63) is 39.7 Å². The highest BCUT2D eigenvalue weighted by atomic mass is 35.5. The molecule has 1 amide bonds. The molecule has 0 aliphatic heterocycles. The maximum Gasteiger partial charge on any atom is 0.339 e. The van der Waals surface area contributed by atoms with Gasteiger partial charge in [-0.1, -0.05) is 6.92 Å². The van der Waals surface area contributed by atoms with Gasteiger partial charge >= 0.3 is 5.63 Å². The van der Waals surface area contributed by atoms with E-state index in [-0.39, 0.29) is 24.7 Å². The van der Waals surface area contributed by atoms with Crippen LogP contribution in [0, 0.1) is 6.92 Å². The number of hydrogen-bond donors (Lipinski definition) is 2. The number of amides is 1. The molecule has 0 unspecified atom stereocenters. The molecule has 1 aromatic carbocycles. The first-order chi connectivity index (χ1) is 12.1. The smallest absolute Gasteiger partial charge is 0.339 e. The second-order valence-corrected chi connectivity index (χ2v) is 5.96. The minimum atomic E-state index is -0.393. The first kappa shape index (κ1) is 22.0. The van der Waals surface area contributed by atoms with Gasteiger partial charge in [0.05, 0.1) is 7.11 Å². The van der Waals surface area contributed by atoms with Crippen LogP contribution < -0.4 is 21.0 Å². The predicted octanol–water partition coefficient (Wildman–Crippen LogP) is 2.58. The molecule has 6 nitrogen and oxygen atoms in total. The maximum absolute atomic E-state index is 12.2. The standard InChI is InChI=1S/C19H26N2O4.ClH/c1-4-9-20-10-11-21-18(22)8-7-16-13(2)15-6-5-14(24-3)12-17(15)25-19(16)23;/h5-6,12,20H,4,7-11H2,1-3H3,(H,21,22);1H. The molecule has 0 saturated heterocycles. The van der Waals surface area contributed by atoms with Crippen molar-refractivity contribution >= 4 is 29.3 Å². The first-order valence-corrected chi connectivity index (χ1v) is 8.64. The van der Waals surface area contributed by atoms with Crippen LogP contribution in [-0.4, -0.2) is 32.7 Å². The zero-order valence-corrected chi connectivity index (χ0v) is 16.3. The van der Waals surface area contributed by atoms with Crippen LogP contribution in [0.5, 0.6) is 5.75 Å². The Morgan fingerprint density at radius 2 is 2.00 bits per heavy atom. The minimum Gasteiger partial charge on any atom is -0.497 e. The molecule has 144 valence electrons. The highest BCUT2D eigenvalue weighted by Gasteiger charge is 2.13. The van der Waals surface area contributed by atoms with Crippen molar-refractivity contribution in [2.45, 2.75) is 33.1 Å². The second-order valence-electron chi connectivity index (χ2n) is 5.96. The summed E-state index contributed by atoms with van der Waals surface area (Å²) in [5.74, 6) is 0.575. The molecule has 0 radical (unpaired) electrons. The first-order valence-electron chi connectivity index (χ1n) is 8.64. The number of methoxy groups -OCH3 is 1. The van der Waals surface area contributed by atoms with Crippen LogP contribution in [0.4, 0.5) is 0 Å². The van der Waals surface area contributed by atoms with Gasteiger partial charge in [0.1, 0.15) is 11.3 Å². The molecule has 0 bridgehead atoms. The molecule has 0 aliphatic carbocycles. The number of aryl methyl sites for hydroxylation is 1. The van der Waals surface area contributed by atoms with Gasteiger partial charge in [0, 0.05) is 36.5 Å². The fraction of sp³-hybridized carbons (Fsp3) is 0.474. The third-order valence-corrected chi connectivity index (χ3v) is 4.15. The Kier molecular flexibility index (Phi) is 9.16. The molecule has 2 N–H and O–H groups in total. The van der Waals surface area contributed by atoms with Crippen LogP contribution in [-0.2, 0) is 11.2 Å². The molecule has 1 aromatic heterocycles. The lowest BCUT2D eigenvalue weighted by Gasteiger charge is -2.09. The fourth-order valence-electron chi connectivity index (χ4n) is 2.71. The highest BCUT2D eigenvalue weighted by Crippen LogP contribution is 2.24. The third-order valence-electron chi connectivity index (χ3n) is 4.15. The van der Waals surface area contributed by atoms with Crippen LogP contribution in [0.2, 0.25) is 0 Å². The van der Waals surface area contributed by atoms with Crippen molar-refractivity contribution in [2.24, 2.45) is 0 Å². The van der Waals surface area contributed by atoms with Gasteiger partial charge in [0.25, 0.3) is 0 Å². The number of carbonyl (C=O) groups is 1. The summed E-state index contributed by atoms with van der Waals surface area (Å²) in [6.07, 6.45) is 1.70. The largest absolute Gasteiger partial charge is 0.497 e. The number of fused-ring (bicyclic) bond motifs is 1. The van der Waals surface area contributed by atoms with Gasteiger partial charge in [-0.2, -0.15) is 0 Å². The number of halogens is 1. The summed E-state index contributed by atoms with van der Waals surface area (Å²) in [7, 11) is 1.57. The summed E-state index contributed by atoms with van der Waals surface area (Å²) in [4.78, 5) is 24.2. The van der Waals surface area contributed by atoms with E-state index in [1.165, 1.54) is 0 Å². The molecule has 26 heavy (non-hydrogen) atoms. The second kappa shape index (κ2) is 10.8. The van der Waals surface area contributed by atoms with E-state index in [1.807, 2.05) is 19.1 Å². The summed E-state index contributed by atoms with van der Waals surface area (Å²) in [5, 5.41) is 6.94. The summed E-state index contributed by atoms with van der Waals surface area (Å²) in [6, 6.07) is 5.40. The normalized spacial score (nSPS) is 10.4. The number of rotatable bonds is 9. The van der Waals surface area contributed by atoms with Gasteiger partial charge < -0.3 is 19.8 Å². The minimum absolute atomic E-state index is 0. The predicted molar refractivity (Wildman–Crippen MR) is 106 cm³/mol. The van der Waals surface area contributed by atoms with Gasteiger partial charge in [-0.3, -0.25) is 4.79 Å². The maximum atomic E-state index is 12.2. The Balaban J connectivity index is 0.00000338. The van der Waals surface area contributed by atoms with Gasteiger partial charge in [-0.15, -0.1) is 12.4 Å². The number of hydrogen-bond acceptors (Lipinski definition) is 5. The topological polar surface area (TPSA) is 80.6 Å². The van der Waals surface area contributed by atoms with E-state index >= 15 is 0 Å². The van der Waals surface area contributed by atoms with Crippen molar-refractivity contribution in [2.75, 3.05) is 26.7 Å². The van der Waals surface area contributed by atoms with Crippen LogP contribution >= 0.6 is 12.4 Å². The quantitative estimate of drug-likeness (QED) is 0.514. The average molecular weight is 383 g/mol. The van der Waals surface area contributed by atoms with Crippen molar-refractivity contribution in [1.82, 2.24) is 10.6 Å². The Morgan fingerprint density at radius 1 is 1.23 bits per heavy atom. The lowest BCUT2D eigenvalue weighted by Crippen LogP contribution is -2.32. The third kappa shape index (κ3) is 5.75.